The van der Waals surface area contributed by atoms with E-state index >= 15 is 0 Å². The average molecular weight is 138 g/mol. The number of carbonyl (C=O) groups is 1. The zero-order valence-corrected chi connectivity index (χ0v) is 6.10. The van der Waals surface area contributed by atoms with Gasteiger partial charge in [0.2, 0.25) is 5.78 Å². The van der Waals surface area contributed by atoms with E-state index in [1.165, 1.54) is 0 Å². The monoisotopic (exact) mass is 138 g/mol. The minimum atomic E-state index is 0.125. The number of carbonyl (C=O) groups excluding carboxylic acids is 1. The SMILES string of the molecule is [CH2+]CC(=O)C1=NCCCC1. The topological polar surface area (TPSA) is 29.4 Å². The molecule has 54 valence electrons. The Morgan fingerprint density at radius 3 is 2.90 bits per heavy atom. The molecule has 0 unspecified atom stereocenters. The molecule has 1 heterocycles. The van der Waals surface area contributed by atoms with Gasteiger partial charge in [0.25, 0.3) is 0 Å². The van der Waals surface area contributed by atoms with E-state index < -0.39 is 0 Å². The van der Waals surface area contributed by atoms with Gasteiger partial charge in [0.1, 0.15) is 6.42 Å². The highest BCUT2D eigenvalue weighted by Gasteiger charge is 2.13. The summed E-state index contributed by atoms with van der Waals surface area (Å²) in [6.07, 6.45) is 3.48. The number of hydrogen-bond acceptors (Lipinski definition) is 2. The Labute approximate surface area is 61.3 Å². The molecule has 1 aliphatic rings. The van der Waals surface area contributed by atoms with Gasteiger partial charge in [-0.25, -0.2) is 0 Å². The Morgan fingerprint density at radius 1 is 1.60 bits per heavy atom. The van der Waals surface area contributed by atoms with Crippen LogP contribution in [0.3, 0.4) is 0 Å². The molecule has 0 radical (unpaired) electrons. The van der Waals surface area contributed by atoms with Crippen molar-refractivity contribution in [2.75, 3.05) is 6.54 Å². The molecule has 0 saturated carbocycles. The number of aliphatic imine (C=N–C) groups is 1. The van der Waals surface area contributed by atoms with E-state index in [0.717, 1.165) is 31.5 Å². The Kier molecular flexibility index (Phi) is 2.49. The predicted molar refractivity (Wildman–Crippen MR) is 41.1 cm³/mol. The van der Waals surface area contributed by atoms with Crippen LogP contribution >= 0.6 is 0 Å². The first-order valence-corrected chi connectivity index (χ1v) is 3.70. The summed E-state index contributed by atoms with van der Waals surface area (Å²) in [7, 11) is 0. The Hall–Kier alpha value is -0.790. The van der Waals surface area contributed by atoms with Crippen LogP contribution in [0.2, 0.25) is 0 Å². The summed E-state index contributed by atoms with van der Waals surface area (Å²) in [4.78, 5) is 15.1. The fourth-order valence-corrected chi connectivity index (χ4v) is 1.07. The van der Waals surface area contributed by atoms with Crippen LogP contribution in [-0.4, -0.2) is 18.0 Å². The van der Waals surface area contributed by atoms with E-state index in [1.807, 2.05) is 0 Å². The Morgan fingerprint density at radius 2 is 2.40 bits per heavy atom. The lowest BCUT2D eigenvalue weighted by molar-refractivity contribution is -0.112. The number of rotatable bonds is 2. The molecule has 0 aromatic carbocycles. The summed E-state index contributed by atoms with van der Waals surface area (Å²) < 4.78 is 0. The van der Waals surface area contributed by atoms with Gasteiger partial charge in [-0.05, 0) is 19.3 Å². The molecule has 0 saturated heterocycles. The molecule has 2 nitrogen and oxygen atoms in total. The maximum absolute atomic E-state index is 11.0. The number of hydrogen-bond donors (Lipinski definition) is 0. The standard InChI is InChI=1S/C8H12NO/c1-2-8(10)7-5-3-4-6-9-7/h1-6H2/q+1. The summed E-state index contributed by atoms with van der Waals surface area (Å²) in [5.41, 5.74) is 0.765. The van der Waals surface area contributed by atoms with Gasteiger partial charge in [-0.15, -0.1) is 0 Å². The van der Waals surface area contributed by atoms with Gasteiger partial charge in [-0.3, -0.25) is 9.79 Å². The zero-order valence-electron chi connectivity index (χ0n) is 6.10. The second-order valence-corrected chi connectivity index (χ2v) is 2.46. The molecule has 0 aromatic rings. The maximum Gasteiger partial charge on any atom is 0.220 e. The fraction of sp³-hybridized carbons (Fsp3) is 0.625. The van der Waals surface area contributed by atoms with Gasteiger partial charge in [-0.1, -0.05) is 0 Å². The lowest BCUT2D eigenvalue weighted by atomic mass is 10.0. The molecule has 0 amide bonds. The summed E-state index contributed by atoms with van der Waals surface area (Å²) in [6, 6.07) is 0. The second-order valence-electron chi connectivity index (χ2n) is 2.46. The van der Waals surface area contributed by atoms with E-state index in [0.29, 0.717) is 6.42 Å². The van der Waals surface area contributed by atoms with Crippen molar-refractivity contribution >= 4 is 11.5 Å². The molecule has 0 fully saturated rings. The largest absolute Gasteiger partial charge is 0.288 e. The van der Waals surface area contributed by atoms with Crippen molar-refractivity contribution in [2.45, 2.75) is 25.7 Å². The Balaban J connectivity index is 2.53. The maximum atomic E-state index is 11.0. The van der Waals surface area contributed by atoms with Crippen LogP contribution < -0.4 is 0 Å². The zero-order chi connectivity index (χ0) is 7.40. The third-order valence-electron chi connectivity index (χ3n) is 1.67. The van der Waals surface area contributed by atoms with Crippen LogP contribution in [0.15, 0.2) is 4.99 Å². The van der Waals surface area contributed by atoms with Gasteiger partial charge < -0.3 is 0 Å². The fourth-order valence-electron chi connectivity index (χ4n) is 1.07. The van der Waals surface area contributed by atoms with Crippen molar-refractivity contribution in [1.82, 2.24) is 0 Å². The van der Waals surface area contributed by atoms with Crippen molar-refractivity contribution in [2.24, 2.45) is 4.99 Å². The first-order valence-electron chi connectivity index (χ1n) is 3.70. The minimum absolute atomic E-state index is 0.125. The molecule has 0 atom stereocenters. The van der Waals surface area contributed by atoms with Crippen LogP contribution in [0.25, 0.3) is 0 Å². The van der Waals surface area contributed by atoms with Crippen LogP contribution in [0.4, 0.5) is 0 Å². The summed E-state index contributed by atoms with van der Waals surface area (Å²) in [5, 5.41) is 0. The van der Waals surface area contributed by atoms with Crippen LogP contribution in [0.5, 0.6) is 0 Å². The van der Waals surface area contributed by atoms with E-state index in [9.17, 15) is 4.79 Å². The molecule has 1 rings (SSSR count). The van der Waals surface area contributed by atoms with Crippen LogP contribution in [0.1, 0.15) is 25.7 Å². The van der Waals surface area contributed by atoms with Crippen molar-refractivity contribution in [3.8, 4) is 0 Å². The van der Waals surface area contributed by atoms with Crippen molar-refractivity contribution in [3.63, 3.8) is 0 Å². The number of nitrogens with zero attached hydrogens (tertiary/aromatic N) is 1. The lowest BCUT2D eigenvalue weighted by Crippen LogP contribution is -2.16. The second kappa shape index (κ2) is 3.40. The van der Waals surface area contributed by atoms with E-state index in [4.69, 9.17) is 0 Å². The molecule has 0 bridgehead atoms. The molecular formula is C8H12NO+. The molecule has 0 N–H and O–H groups in total. The van der Waals surface area contributed by atoms with Gasteiger partial charge in [-0.2, -0.15) is 0 Å². The van der Waals surface area contributed by atoms with Crippen molar-refractivity contribution in [3.05, 3.63) is 6.92 Å². The van der Waals surface area contributed by atoms with E-state index in [2.05, 4.69) is 11.9 Å². The van der Waals surface area contributed by atoms with E-state index in [1.54, 1.807) is 0 Å². The highest BCUT2D eigenvalue weighted by atomic mass is 16.1. The minimum Gasteiger partial charge on any atom is -0.288 e. The van der Waals surface area contributed by atoms with Gasteiger partial charge in [0, 0.05) is 6.54 Å². The first kappa shape index (κ1) is 7.32. The molecule has 10 heavy (non-hydrogen) atoms. The lowest BCUT2D eigenvalue weighted by Gasteiger charge is -2.07. The first-order chi connectivity index (χ1) is 4.84. The van der Waals surface area contributed by atoms with Crippen molar-refractivity contribution in [1.29, 1.82) is 0 Å². The highest BCUT2D eigenvalue weighted by Crippen LogP contribution is 2.07. The Bertz CT molecular complexity index is 161. The van der Waals surface area contributed by atoms with Gasteiger partial charge in [0.15, 0.2) is 0 Å². The third-order valence-corrected chi connectivity index (χ3v) is 1.67. The van der Waals surface area contributed by atoms with Crippen LogP contribution in [0, 0.1) is 6.92 Å². The summed E-state index contributed by atoms with van der Waals surface area (Å²) in [6.45, 7) is 4.36. The summed E-state index contributed by atoms with van der Waals surface area (Å²) in [5.74, 6) is 0.125. The third kappa shape index (κ3) is 1.59. The highest BCUT2D eigenvalue weighted by molar-refractivity contribution is 6.40. The molecular weight excluding hydrogens is 126 g/mol. The van der Waals surface area contributed by atoms with Crippen molar-refractivity contribution < 1.29 is 4.79 Å². The summed E-state index contributed by atoms with van der Waals surface area (Å²) >= 11 is 0. The van der Waals surface area contributed by atoms with E-state index in [-0.39, 0.29) is 5.78 Å². The predicted octanol–water partition coefficient (Wildman–Crippen LogP) is 1.40. The smallest absolute Gasteiger partial charge is 0.220 e. The molecule has 0 aromatic heterocycles. The van der Waals surface area contributed by atoms with Gasteiger partial charge in [0.05, 0.1) is 12.6 Å². The van der Waals surface area contributed by atoms with Crippen LogP contribution in [-0.2, 0) is 4.79 Å². The molecule has 0 spiro atoms. The quantitative estimate of drug-likeness (QED) is 0.530. The van der Waals surface area contributed by atoms with Gasteiger partial charge >= 0.3 is 0 Å². The number of Topliss-reactive ketones (excluding diaryl/α,β-unsaturated/α-hetero) is 1. The average Bonchev–Trinajstić information content (AvgIpc) is 2.05. The number of ketones is 1. The molecule has 2 heteroatoms. The normalized spacial score (nSPS) is 18.2. The molecule has 1 aliphatic heterocycles. The molecule has 0 aliphatic carbocycles.